The number of carbonyl (C=O) groups excluding carboxylic acids is 1. The molecule has 0 spiro atoms. The van der Waals surface area contributed by atoms with Gasteiger partial charge in [0.1, 0.15) is 11.6 Å². The number of nitrogens with zero attached hydrogens (tertiary/aromatic N) is 3. The van der Waals surface area contributed by atoms with Crippen LogP contribution in [0.4, 0.5) is 5.82 Å². The molecule has 6 nitrogen and oxygen atoms in total. The highest BCUT2D eigenvalue weighted by molar-refractivity contribution is 6.06. The minimum Gasteiger partial charge on any atom is -0.468 e. The minimum absolute atomic E-state index is 0.420. The summed E-state index contributed by atoms with van der Waals surface area (Å²) in [6, 6.07) is 13.3. The molecule has 1 saturated heterocycles. The Bertz CT molecular complexity index is 884. The van der Waals surface area contributed by atoms with Crippen LogP contribution in [0.3, 0.4) is 0 Å². The van der Waals surface area contributed by atoms with Crippen molar-refractivity contribution in [2.24, 2.45) is 5.73 Å². The van der Waals surface area contributed by atoms with Crippen LogP contribution in [-0.4, -0.2) is 42.0 Å². The van der Waals surface area contributed by atoms with Crippen molar-refractivity contribution in [3.05, 3.63) is 60.1 Å². The number of piperazine rings is 1. The lowest BCUT2D eigenvalue weighted by Crippen LogP contribution is -2.46. The highest BCUT2D eigenvalue weighted by Gasteiger charge is 2.20. The van der Waals surface area contributed by atoms with E-state index in [1.54, 1.807) is 6.26 Å². The van der Waals surface area contributed by atoms with Gasteiger partial charge in [0.25, 0.3) is 0 Å². The van der Waals surface area contributed by atoms with Crippen molar-refractivity contribution < 1.29 is 9.21 Å². The van der Waals surface area contributed by atoms with Gasteiger partial charge in [-0.1, -0.05) is 18.2 Å². The van der Waals surface area contributed by atoms with Gasteiger partial charge in [-0.25, -0.2) is 4.98 Å². The van der Waals surface area contributed by atoms with Crippen molar-refractivity contribution in [3.63, 3.8) is 0 Å². The molecule has 0 radical (unpaired) electrons. The smallest absolute Gasteiger partial charge is 0.249 e. The molecule has 1 aliphatic rings. The number of nitrogens with two attached hydrogens (primary N) is 1. The van der Waals surface area contributed by atoms with Gasteiger partial charge in [0, 0.05) is 31.6 Å². The lowest BCUT2D eigenvalue weighted by Gasteiger charge is -2.35. The number of anilines is 1. The first-order valence-corrected chi connectivity index (χ1v) is 8.40. The van der Waals surface area contributed by atoms with E-state index >= 15 is 0 Å². The lowest BCUT2D eigenvalue weighted by atomic mass is 10.1. The highest BCUT2D eigenvalue weighted by Crippen LogP contribution is 2.24. The first-order valence-electron chi connectivity index (χ1n) is 8.40. The summed E-state index contributed by atoms with van der Waals surface area (Å²) in [5.41, 5.74) is 6.90. The largest absolute Gasteiger partial charge is 0.468 e. The maximum Gasteiger partial charge on any atom is 0.249 e. The quantitative estimate of drug-likeness (QED) is 0.791. The normalized spacial score (nSPS) is 15.6. The Kier molecular flexibility index (Phi) is 4.11. The van der Waals surface area contributed by atoms with Gasteiger partial charge in [-0.2, -0.15) is 0 Å². The summed E-state index contributed by atoms with van der Waals surface area (Å²) in [6.07, 6.45) is 1.70. The zero-order chi connectivity index (χ0) is 17.2. The van der Waals surface area contributed by atoms with Crippen molar-refractivity contribution >= 4 is 22.6 Å². The van der Waals surface area contributed by atoms with Crippen LogP contribution in [-0.2, 0) is 6.54 Å². The monoisotopic (exact) mass is 336 g/mol. The van der Waals surface area contributed by atoms with Crippen molar-refractivity contribution in [2.75, 3.05) is 31.1 Å². The maximum atomic E-state index is 11.8. The van der Waals surface area contributed by atoms with Gasteiger partial charge in [0.15, 0.2) is 0 Å². The molecule has 0 atom stereocenters. The third-order valence-electron chi connectivity index (χ3n) is 4.62. The molecule has 6 heteroatoms. The van der Waals surface area contributed by atoms with E-state index in [0.29, 0.717) is 5.56 Å². The number of primary amides is 1. The molecule has 3 aromatic rings. The fraction of sp³-hybridized carbons (Fsp3) is 0.263. The summed E-state index contributed by atoms with van der Waals surface area (Å²) in [6.45, 7) is 4.36. The topological polar surface area (TPSA) is 75.6 Å². The number of pyridine rings is 1. The zero-order valence-corrected chi connectivity index (χ0v) is 13.9. The summed E-state index contributed by atoms with van der Waals surface area (Å²) in [5.74, 6) is 1.37. The molecule has 4 rings (SSSR count). The number of para-hydroxylation sites is 1. The van der Waals surface area contributed by atoms with Crippen molar-refractivity contribution in [2.45, 2.75) is 6.54 Å². The fourth-order valence-electron chi connectivity index (χ4n) is 3.29. The van der Waals surface area contributed by atoms with E-state index in [1.807, 2.05) is 42.5 Å². The summed E-state index contributed by atoms with van der Waals surface area (Å²) >= 11 is 0. The van der Waals surface area contributed by atoms with E-state index in [0.717, 1.165) is 55.2 Å². The van der Waals surface area contributed by atoms with Crippen LogP contribution < -0.4 is 10.6 Å². The van der Waals surface area contributed by atoms with E-state index in [1.165, 1.54) is 0 Å². The van der Waals surface area contributed by atoms with Gasteiger partial charge in [0.05, 0.1) is 23.9 Å². The van der Waals surface area contributed by atoms with Crippen LogP contribution in [0.25, 0.3) is 10.9 Å². The Balaban J connectivity index is 1.53. The average Bonchev–Trinajstić information content (AvgIpc) is 3.14. The molecular formula is C19H20N4O2. The fourth-order valence-corrected chi connectivity index (χ4v) is 3.29. The lowest BCUT2D eigenvalue weighted by molar-refractivity contribution is 0.100. The maximum absolute atomic E-state index is 11.8. The highest BCUT2D eigenvalue weighted by atomic mass is 16.3. The average molecular weight is 336 g/mol. The van der Waals surface area contributed by atoms with E-state index in [-0.39, 0.29) is 0 Å². The van der Waals surface area contributed by atoms with Gasteiger partial charge in [-0.05, 0) is 24.3 Å². The number of benzene rings is 1. The van der Waals surface area contributed by atoms with Crippen LogP contribution >= 0.6 is 0 Å². The molecule has 2 aromatic heterocycles. The standard InChI is InChI=1S/C19H20N4O2/c20-19(24)16-12-18(21-17-6-2-1-5-15(16)17)23-9-7-22(8-10-23)13-14-4-3-11-25-14/h1-6,11-12H,7-10,13H2,(H2,20,24). The minimum atomic E-state index is -0.420. The van der Waals surface area contributed by atoms with Gasteiger partial charge >= 0.3 is 0 Å². The Morgan fingerprint density at radius 1 is 1.12 bits per heavy atom. The summed E-state index contributed by atoms with van der Waals surface area (Å²) in [7, 11) is 0. The molecular weight excluding hydrogens is 316 g/mol. The molecule has 1 fully saturated rings. The van der Waals surface area contributed by atoms with Gasteiger partial charge < -0.3 is 15.1 Å². The number of hydrogen-bond acceptors (Lipinski definition) is 5. The van der Waals surface area contributed by atoms with Crippen LogP contribution in [0, 0.1) is 0 Å². The molecule has 128 valence electrons. The molecule has 0 unspecified atom stereocenters. The van der Waals surface area contributed by atoms with Crippen LogP contribution in [0.5, 0.6) is 0 Å². The summed E-state index contributed by atoms with van der Waals surface area (Å²) < 4.78 is 5.42. The van der Waals surface area contributed by atoms with Gasteiger partial charge in [0.2, 0.25) is 5.91 Å². The zero-order valence-electron chi connectivity index (χ0n) is 13.9. The summed E-state index contributed by atoms with van der Waals surface area (Å²) in [5, 5.41) is 0.801. The molecule has 2 N–H and O–H groups in total. The SMILES string of the molecule is NC(=O)c1cc(N2CCN(Cc3ccco3)CC2)nc2ccccc12. The number of hydrogen-bond donors (Lipinski definition) is 1. The number of rotatable bonds is 4. The van der Waals surface area contributed by atoms with Crippen molar-refractivity contribution in [3.8, 4) is 0 Å². The molecule has 1 aliphatic heterocycles. The van der Waals surface area contributed by atoms with Crippen LogP contribution in [0.1, 0.15) is 16.1 Å². The number of aromatic nitrogens is 1. The third-order valence-corrected chi connectivity index (χ3v) is 4.62. The summed E-state index contributed by atoms with van der Waals surface area (Å²) in [4.78, 5) is 21.1. The molecule has 25 heavy (non-hydrogen) atoms. The molecule has 3 heterocycles. The first-order chi connectivity index (χ1) is 12.2. The second-order valence-electron chi connectivity index (χ2n) is 6.25. The predicted molar refractivity (Wildman–Crippen MR) is 96.5 cm³/mol. The second-order valence-corrected chi connectivity index (χ2v) is 6.25. The van der Waals surface area contributed by atoms with Crippen LogP contribution in [0.15, 0.2) is 53.1 Å². The molecule has 0 aliphatic carbocycles. The third kappa shape index (κ3) is 3.21. The van der Waals surface area contributed by atoms with Gasteiger partial charge in [-0.3, -0.25) is 9.69 Å². The number of furan rings is 1. The molecule has 1 amide bonds. The number of amides is 1. The van der Waals surface area contributed by atoms with Crippen LogP contribution in [0.2, 0.25) is 0 Å². The van der Waals surface area contributed by atoms with Gasteiger partial charge in [-0.15, -0.1) is 0 Å². The Morgan fingerprint density at radius 3 is 2.64 bits per heavy atom. The van der Waals surface area contributed by atoms with Crippen molar-refractivity contribution in [1.82, 2.24) is 9.88 Å². The Hall–Kier alpha value is -2.86. The van der Waals surface area contributed by atoms with E-state index in [4.69, 9.17) is 15.1 Å². The van der Waals surface area contributed by atoms with E-state index < -0.39 is 5.91 Å². The number of carbonyl (C=O) groups is 1. The number of fused-ring (bicyclic) bond motifs is 1. The first kappa shape index (κ1) is 15.7. The molecule has 0 saturated carbocycles. The van der Waals surface area contributed by atoms with E-state index in [2.05, 4.69) is 9.80 Å². The Morgan fingerprint density at radius 2 is 1.92 bits per heavy atom. The predicted octanol–water partition coefficient (Wildman–Crippen LogP) is 2.25. The van der Waals surface area contributed by atoms with Crippen molar-refractivity contribution in [1.29, 1.82) is 0 Å². The van der Waals surface area contributed by atoms with E-state index in [9.17, 15) is 4.79 Å². The second kappa shape index (κ2) is 6.57. The molecule has 0 bridgehead atoms. The Labute approximate surface area is 145 Å². The molecule has 1 aromatic carbocycles.